The predicted molar refractivity (Wildman–Crippen MR) is 99.7 cm³/mol. The Hall–Kier alpha value is -1.88. The van der Waals surface area contributed by atoms with Gasteiger partial charge in [-0.15, -0.1) is 0 Å². The lowest BCUT2D eigenvalue weighted by Crippen LogP contribution is -2.48. The molecule has 2 amide bonds. The predicted octanol–water partition coefficient (Wildman–Crippen LogP) is 3.17. The molecule has 1 atom stereocenters. The SMILES string of the molecule is CCN[C@@H]1CN(C(=O)c2ccc(NC(C)=O)cc2)C2(CCCCC2)C1. The first-order chi connectivity index (χ1) is 12.0. The fourth-order valence-corrected chi connectivity index (χ4v) is 4.51. The van der Waals surface area contributed by atoms with Gasteiger partial charge in [0.1, 0.15) is 0 Å². The Kier molecular flexibility index (Phi) is 5.42. The maximum Gasteiger partial charge on any atom is 0.254 e. The second-order valence-corrected chi connectivity index (χ2v) is 7.42. The van der Waals surface area contributed by atoms with Crippen LogP contribution < -0.4 is 10.6 Å². The van der Waals surface area contributed by atoms with Crippen molar-refractivity contribution < 1.29 is 9.59 Å². The number of amides is 2. The molecule has 2 aliphatic rings. The van der Waals surface area contributed by atoms with E-state index in [1.807, 2.05) is 12.1 Å². The van der Waals surface area contributed by atoms with Crippen molar-refractivity contribution in [3.63, 3.8) is 0 Å². The molecule has 0 bridgehead atoms. The van der Waals surface area contributed by atoms with Crippen molar-refractivity contribution in [2.75, 3.05) is 18.4 Å². The summed E-state index contributed by atoms with van der Waals surface area (Å²) in [5.74, 6) is 0.0185. The summed E-state index contributed by atoms with van der Waals surface area (Å²) in [6, 6.07) is 7.65. The zero-order chi connectivity index (χ0) is 17.9. The molecule has 1 aliphatic heterocycles. The van der Waals surface area contributed by atoms with Gasteiger partial charge in [0.15, 0.2) is 0 Å². The molecule has 1 spiro atoms. The van der Waals surface area contributed by atoms with Crippen molar-refractivity contribution in [2.45, 2.75) is 64.0 Å². The molecular formula is C20H29N3O2. The van der Waals surface area contributed by atoms with Gasteiger partial charge in [0.2, 0.25) is 5.91 Å². The highest BCUT2D eigenvalue weighted by atomic mass is 16.2. The van der Waals surface area contributed by atoms with Crippen molar-refractivity contribution in [1.82, 2.24) is 10.2 Å². The number of likely N-dealkylation sites (tertiary alicyclic amines) is 1. The van der Waals surface area contributed by atoms with Crippen LogP contribution in [0.15, 0.2) is 24.3 Å². The van der Waals surface area contributed by atoms with Crippen LogP contribution >= 0.6 is 0 Å². The van der Waals surface area contributed by atoms with Gasteiger partial charge in [-0.25, -0.2) is 0 Å². The van der Waals surface area contributed by atoms with E-state index in [9.17, 15) is 9.59 Å². The summed E-state index contributed by atoms with van der Waals surface area (Å²) in [4.78, 5) is 26.5. The van der Waals surface area contributed by atoms with E-state index in [0.29, 0.717) is 11.6 Å². The van der Waals surface area contributed by atoms with E-state index in [1.54, 1.807) is 12.1 Å². The third kappa shape index (κ3) is 3.87. The second kappa shape index (κ2) is 7.56. The molecular weight excluding hydrogens is 314 g/mol. The smallest absolute Gasteiger partial charge is 0.254 e. The van der Waals surface area contributed by atoms with E-state index in [1.165, 1.54) is 26.2 Å². The normalized spacial score (nSPS) is 22.2. The zero-order valence-corrected chi connectivity index (χ0v) is 15.3. The maximum absolute atomic E-state index is 13.2. The molecule has 136 valence electrons. The number of hydrogen-bond donors (Lipinski definition) is 2. The minimum Gasteiger partial charge on any atom is -0.331 e. The molecule has 5 heteroatoms. The topological polar surface area (TPSA) is 61.4 Å². The highest BCUT2D eigenvalue weighted by Gasteiger charge is 2.47. The van der Waals surface area contributed by atoms with Crippen LogP contribution in [0.5, 0.6) is 0 Å². The Bertz CT molecular complexity index is 620. The van der Waals surface area contributed by atoms with E-state index >= 15 is 0 Å². The summed E-state index contributed by atoms with van der Waals surface area (Å²) < 4.78 is 0. The van der Waals surface area contributed by atoms with Crippen LogP contribution in [-0.2, 0) is 4.79 Å². The number of carbonyl (C=O) groups is 2. The van der Waals surface area contributed by atoms with Crippen LogP contribution in [-0.4, -0.2) is 41.4 Å². The van der Waals surface area contributed by atoms with Crippen molar-refractivity contribution in [1.29, 1.82) is 0 Å². The van der Waals surface area contributed by atoms with Gasteiger partial charge in [-0.05, 0) is 50.1 Å². The molecule has 2 N–H and O–H groups in total. The van der Waals surface area contributed by atoms with Gasteiger partial charge < -0.3 is 15.5 Å². The molecule has 1 heterocycles. The molecule has 25 heavy (non-hydrogen) atoms. The van der Waals surface area contributed by atoms with Gasteiger partial charge in [-0.1, -0.05) is 26.2 Å². The maximum atomic E-state index is 13.2. The summed E-state index contributed by atoms with van der Waals surface area (Å²) in [5.41, 5.74) is 1.46. The molecule has 1 saturated carbocycles. The third-order valence-corrected chi connectivity index (χ3v) is 5.58. The minimum atomic E-state index is -0.103. The number of likely N-dealkylation sites (N-methyl/N-ethyl adjacent to an activating group) is 1. The van der Waals surface area contributed by atoms with Crippen molar-refractivity contribution in [2.24, 2.45) is 0 Å². The standard InChI is InChI=1S/C20H29N3O2/c1-3-21-18-13-20(11-5-4-6-12-20)23(14-18)19(25)16-7-9-17(10-8-16)22-15(2)24/h7-10,18,21H,3-6,11-14H2,1-2H3,(H,22,24)/t18-/m0/s1. The van der Waals surface area contributed by atoms with Gasteiger partial charge in [0, 0.05) is 36.3 Å². The summed E-state index contributed by atoms with van der Waals surface area (Å²) >= 11 is 0. The van der Waals surface area contributed by atoms with Gasteiger partial charge in [-0.3, -0.25) is 9.59 Å². The monoisotopic (exact) mass is 343 g/mol. The Balaban J connectivity index is 1.79. The van der Waals surface area contributed by atoms with Crippen molar-refractivity contribution in [3.8, 4) is 0 Å². The summed E-state index contributed by atoms with van der Waals surface area (Å²) in [5, 5.41) is 6.29. The van der Waals surface area contributed by atoms with Crippen LogP contribution in [0.25, 0.3) is 0 Å². The molecule has 1 aliphatic carbocycles. The number of rotatable bonds is 4. The molecule has 0 unspecified atom stereocenters. The lowest BCUT2D eigenvalue weighted by molar-refractivity contribution is -0.114. The van der Waals surface area contributed by atoms with Gasteiger partial charge in [-0.2, -0.15) is 0 Å². The fourth-order valence-electron chi connectivity index (χ4n) is 4.51. The van der Waals surface area contributed by atoms with Crippen LogP contribution in [0.2, 0.25) is 0 Å². The number of benzene rings is 1. The largest absolute Gasteiger partial charge is 0.331 e. The van der Waals surface area contributed by atoms with Crippen LogP contribution in [0.1, 0.15) is 62.7 Å². The lowest BCUT2D eigenvalue weighted by atomic mass is 9.79. The first-order valence-electron chi connectivity index (χ1n) is 9.47. The fraction of sp³-hybridized carbons (Fsp3) is 0.600. The Labute approximate surface area is 150 Å². The second-order valence-electron chi connectivity index (χ2n) is 7.42. The molecule has 1 aromatic rings. The van der Waals surface area contributed by atoms with Crippen molar-refractivity contribution in [3.05, 3.63) is 29.8 Å². The molecule has 1 saturated heterocycles. The summed E-state index contributed by atoms with van der Waals surface area (Å²) in [6.07, 6.45) is 7.00. The van der Waals surface area contributed by atoms with Crippen LogP contribution in [0, 0.1) is 0 Å². The van der Waals surface area contributed by atoms with E-state index in [-0.39, 0.29) is 17.4 Å². The minimum absolute atomic E-state index is 0.0263. The molecule has 2 fully saturated rings. The Morgan fingerprint density at radius 3 is 2.44 bits per heavy atom. The van der Waals surface area contributed by atoms with Gasteiger partial charge in [0.25, 0.3) is 5.91 Å². The van der Waals surface area contributed by atoms with E-state index in [2.05, 4.69) is 22.5 Å². The van der Waals surface area contributed by atoms with Crippen molar-refractivity contribution >= 4 is 17.5 Å². The molecule has 0 aromatic heterocycles. The molecule has 0 radical (unpaired) electrons. The average Bonchev–Trinajstić information content (AvgIpc) is 2.93. The first kappa shape index (κ1) is 17.9. The summed E-state index contributed by atoms with van der Waals surface area (Å²) in [6.45, 7) is 5.34. The number of anilines is 1. The average molecular weight is 343 g/mol. The zero-order valence-electron chi connectivity index (χ0n) is 15.3. The van der Waals surface area contributed by atoms with Crippen LogP contribution in [0.4, 0.5) is 5.69 Å². The quantitative estimate of drug-likeness (QED) is 0.883. The number of carbonyl (C=O) groups excluding carboxylic acids is 2. The Morgan fingerprint density at radius 1 is 1.16 bits per heavy atom. The Morgan fingerprint density at radius 2 is 1.84 bits per heavy atom. The lowest BCUT2D eigenvalue weighted by Gasteiger charge is -2.41. The highest BCUT2D eigenvalue weighted by molar-refractivity contribution is 5.96. The number of nitrogens with zero attached hydrogens (tertiary/aromatic N) is 1. The third-order valence-electron chi connectivity index (χ3n) is 5.58. The van der Waals surface area contributed by atoms with E-state index in [4.69, 9.17) is 0 Å². The number of nitrogens with one attached hydrogen (secondary N) is 2. The summed E-state index contributed by atoms with van der Waals surface area (Å²) in [7, 11) is 0. The first-order valence-corrected chi connectivity index (χ1v) is 9.47. The van der Waals surface area contributed by atoms with E-state index < -0.39 is 0 Å². The molecule has 1 aromatic carbocycles. The highest BCUT2D eigenvalue weighted by Crippen LogP contribution is 2.42. The molecule has 5 nitrogen and oxygen atoms in total. The number of hydrogen-bond acceptors (Lipinski definition) is 3. The van der Waals surface area contributed by atoms with Gasteiger partial charge >= 0.3 is 0 Å². The molecule has 3 rings (SSSR count). The van der Waals surface area contributed by atoms with Gasteiger partial charge in [0.05, 0.1) is 0 Å². The van der Waals surface area contributed by atoms with Crippen LogP contribution in [0.3, 0.4) is 0 Å². The van der Waals surface area contributed by atoms with E-state index in [0.717, 1.165) is 38.0 Å².